The highest BCUT2D eigenvalue weighted by atomic mass is 35.5. The number of oxime groups is 1. The molecule has 1 aromatic heterocycles. The van der Waals surface area contributed by atoms with Gasteiger partial charge in [0.2, 0.25) is 0 Å². The largest absolute Gasteiger partial charge is 0.389 e. The zero-order chi connectivity index (χ0) is 17.4. The Hall–Kier alpha value is -1.66. The average Bonchev–Trinajstić information content (AvgIpc) is 2.91. The number of halogens is 3. The smallest absolute Gasteiger partial charge is 0.280 e. The van der Waals surface area contributed by atoms with Gasteiger partial charge in [0.1, 0.15) is 17.8 Å². The number of nitrogens with zero attached hydrogens (tertiary/aromatic N) is 3. The summed E-state index contributed by atoms with van der Waals surface area (Å²) in [4.78, 5) is 5.01. The molecule has 0 aromatic carbocycles. The summed E-state index contributed by atoms with van der Waals surface area (Å²) < 4.78 is 52.1. The van der Waals surface area contributed by atoms with Crippen LogP contribution < -0.4 is 0 Å². The molecule has 23 heavy (non-hydrogen) atoms. The van der Waals surface area contributed by atoms with Gasteiger partial charge in [0.05, 0.1) is 5.75 Å². The molecule has 126 valence electrons. The molecule has 0 N–H and O–H groups in total. The van der Waals surface area contributed by atoms with E-state index in [1.165, 1.54) is 0 Å². The van der Waals surface area contributed by atoms with Crippen molar-refractivity contribution in [1.82, 2.24) is 9.78 Å². The number of rotatable bonds is 4. The minimum atomic E-state index is -3.96. The predicted molar refractivity (Wildman–Crippen MR) is 80.9 cm³/mol. The molecule has 0 spiro atoms. The van der Waals surface area contributed by atoms with Crippen molar-refractivity contribution in [3.63, 3.8) is 0 Å². The molecular formula is C13H14ClF2N3O3S. The van der Waals surface area contributed by atoms with Crippen LogP contribution in [0.2, 0.25) is 5.15 Å². The second kappa shape index (κ2) is 6.09. The van der Waals surface area contributed by atoms with Crippen LogP contribution in [0, 0.1) is 12.3 Å². The predicted octanol–water partition coefficient (Wildman–Crippen LogP) is 2.53. The van der Waals surface area contributed by atoms with Gasteiger partial charge < -0.3 is 4.84 Å². The van der Waals surface area contributed by atoms with Crippen molar-refractivity contribution in [2.24, 2.45) is 5.16 Å². The maximum Gasteiger partial charge on any atom is 0.280 e. The lowest BCUT2D eigenvalue weighted by Gasteiger charge is -2.13. The first-order valence-electron chi connectivity index (χ1n) is 6.52. The topological polar surface area (TPSA) is 73.5 Å². The molecule has 0 atom stereocenters. The Kier molecular flexibility index (Phi) is 4.69. The van der Waals surface area contributed by atoms with E-state index in [0.717, 1.165) is 4.68 Å². The van der Waals surface area contributed by atoms with Gasteiger partial charge in [0.15, 0.2) is 20.0 Å². The molecule has 2 heterocycles. The summed E-state index contributed by atoms with van der Waals surface area (Å²) in [7, 11) is -3.96. The number of hydrogen-bond acceptors (Lipinski definition) is 5. The van der Waals surface area contributed by atoms with E-state index in [-0.39, 0.29) is 28.7 Å². The number of alkyl halides is 2. The van der Waals surface area contributed by atoms with Crippen LogP contribution in [0.4, 0.5) is 8.78 Å². The van der Waals surface area contributed by atoms with Crippen LogP contribution in [0.15, 0.2) is 5.16 Å². The van der Waals surface area contributed by atoms with Crippen molar-refractivity contribution in [2.75, 3.05) is 0 Å². The molecule has 0 amide bonds. The van der Waals surface area contributed by atoms with Crippen LogP contribution in [0.5, 0.6) is 0 Å². The van der Waals surface area contributed by atoms with Crippen molar-refractivity contribution < 1.29 is 22.0 Å². The lowest BCUT2D eigenvalue weighted by atomic mass is 10.1. The molecule has 6 nitrogen and oxygen atoms in total. The fourth-order valence-electron chi connectivity index (χ4n) is 2.11. The van der Waals surface area contributed by atoms with Crippen LogP contribution in [-0.4, -0.2) is 28.8 Å². The summed E-state index contributed by atoms with van der Waals surface area (Å²) in [5, 5.41) is 6.70. The normalized spacial score (nSPS) is 17.0. The minimum absolute atomic E-state index is 0.0510. The lowest BCUT2D eigenvalue weighted by molar-refractivity contribution is 0.0123. The first-order valence-corrected chi connectivity index (χ1v) is 8.55. The van der Waals surface area contributed by atoms with Gasteiger partial charge in [-0.1, -0.05) is 22.7 Å². The molecule has 0 fully saturated rings. The summed E-state index contributed by atoms with van der Waals surface area (Å²) >= 11 is 5.83. The van der Waals surface area contributed by atoms with Gasteiger partial charge in [-0.3, -0.25) is 0 Å². The van der Waals surface area contributed by atoms with E-state index < -0.39 is 33.3 Å². The quantitative estimate of drug-likeness (QED) is 0.768. The van der Waals surface area contributed by atoms with Gasteiger partial charge in [-0.05, 0) is 13.8 Å². The second-order valence-corrected chi connectivity index (χ2v) is 7.94. The number of terminal acetylenes is 1. The van der Waals surface area contributed by atoms with E-state index in [4.69, 9.17) is 22.9 Å². The molecular weight excluding hydrogens is 352 g/mol. The van der Waals surface area contributed by atoms with Crippen molar-refractivity contribution in [1.29, 1.82) is 0 Å². The first kappa shape index (κ1) is 17.7. The molecule has 0 saturated heterocycles. The Morgan fingerprint density at radius 1 is 1.52 bits per heavy atom. The van der Waals surface area contributed by atoms with E-state index in [2.05, 4.69) is 16.2 Å². The first-order chi connectivity index (χ1) is 10.6. The highest BCUT2D eigenvalue weighted by Crippen LogP contribution is 2.32. The number of aromatic nitrogens is 2. The van der Waals surface area contributed by atoms with Crippen molar-refractivity contribution in [2.45, 2.75) is 44.6 Å². The molecule has 0 bridgehead atoms. The van der Waals surface area contributed by atoms with Gasteiger partial charge in [-0.15, -0.1) is 6.42 Å². The molecule has 0 aliphatic carbocycles. The van der Waals surface area contributed by atoms with Gasteiger partial charge in [-0.25, -0.2) is 21.9 Å². The Balaban J connectivity index is 2.39. The highest BCUT2D eigenvalue weighted by Gasteiger charge is 2.37. The molecule has 0 radical (unpaired) electrons. The van der Waals surface area contributed by atoms with Gasteiger partial charge in [0.25, 0.3) is 6.43 Å². The van der Waals surface area contributed by atoms with E-state index in [9.17, 15) is 17.2 Å². The van der Waals surface area contributed by atoms with Crippen molar-refractivity contribution >= 4 is 26.5 Å². The Bertz CT molecular complexity index is 794. The average molecular weight is 366 g/mol. The third kappa shape index (κ3) is 3.64. The zero-order valence-corrected chi connectivity index (χ0v) is 14.0. The summed E-state index contributed by atoms with van der Waals surface area (Å²) in [5.41, 5.74) is -1.63. The van der Waals surface area contributed by atoms with Crippen molar-refractivity contribution in [3.8, 4) is 12.3 Å². The molecule has 0 saturated carbocycles. The summed E-state index contributed by atoms with van der Waals surface area (Å²) in [5.74, 6) is 1.42. The SMILES string of the molecule is C#CCn1nc(Cl)c(CS(=O)(=O)C2=NOC(C)(C)C2)c1C(F)F. The Labute approximate surface area is 137 Å². The van der Waals surface area contributed by atoms with Crippen LogP contribution >= 0.6 is 11.6 Å². The third-order valence-electron chi connectivity index (χ3n) is 3.16. The van der Waals surface area contributed by atoms with Gasteiger partial charge in [0, 0.05) is 12.0 Å². The van der Waals surface area contributed by atoms with Crippen LogP contribution in [0.25, 0.3) is 0 Å². The standard InChI is InChI=1S/C13H14ClF2N3O3S/c1-4-5-19-10(12(15)16)8(11(14)17-19)7-23(20,21)9-6-13(2,3)22-18-9/h1,12H,5-7H2,2-3H3. The van der Waals surface area contributed by atoms with E-state index in [1.54, 1.807) is 13.8 Å². The molecule has 1 aliphatic heterocycles. The van der Waals surface area contributed by atoms with Crippen LogP contribution in [0.3, 0.4) is 0 Å². The zero-order valence-electron chi connectivity index (χ0n) is 12.4. The van der Waals surface area contributed by atoms with Crippen LogP contribution in [-0.2, 0) is 27.0 Å². The van der Waals surface area contributed by atoms with E-state index in [0.29, 0.717) is 0 Å². The maximum atomic E-state index is 13.3. The minimum Gasteiger partial charge on any atom is -0.389 e. The van der Waals surface area contributed by atoms with Gasteiger partial charge >= 0.3 is 0 Å². The Morgan fingerprint density at radius 3 is 2.65 bits per heavy atom. The maximum absolute atomic E-state index is 13.3. The van der Waals surface area contributed by atoms with E-state index in [1.807, 2.05) is 0 Å². The third-order valence-corrected chi connectivity index (χ3v) is 5.07. The highest BCUT2D eigenvalue weighted by molar-refractivity contribution is 8.05. The van der Waals surface area contributed by atoms with Crippen molar-refractivity contribution in [3.05, 3.63) is 16.4 Å². The fraction of sp³-hybridized carbons (Fsp3) is 0.538. The fourth-order valence-corrected chi connectivity index (χ4v) is 3.99. The molecule has 0 unspecified atom stereocenters. The molecule has 2 rings (SSSR count). The summed E-state index contributed by atoms with van der Waals surface area (Å²) in [6.45, 7) is 3.10. The summed E-state index contributed by atoms with van der Waals surface area (Å²) in [6.07, 6.45) is 2.18. The van der Waals surface area contributed by atoms with Gasteiger partial charge in [-0.2, -0.15) is 5.10 Å². The molecule has 1 aromatic rings. The number of sulfone groups is 1. The lowest BCUT2D eigenvalue weighted by Crippen LogP contribution is -2.23. The number of hydrogen-bond donors (Lipinski definition) is 0. The van der Waals surface area contributed by atoms with E-state index >= 15 is 0 Å². The molecule has 10 heteroatoms. The monoisotopic (exact) mass is 365 g/mol. The Morgan fingerprint density at radius 2 is 2.17 bits per heavy atom. The second-order valence-electron chi connectivity index (χ2n) is 5.59. The van der Waals surface area contributed by atoms with Crippen LogP contribution in [0.1, 0.15) is 38.0 Å². The molecule has 1 aliphatic rings. The summed E-state index contributed by atoms with van der Waals surface area (Å²) in [6, 6.07) is 0.